The van der Waals surface area contributed by atoms with Crippen LogP contribution in [0.4, 0.5) is 0 Å². The second kappa shape index (κ2) is 18.1. The molecule has 240 valence electrons. The number of halogens is 1. The van der Waals surface area contributed by atoms with E-state index in [1.165, 1.54) is 6.92 Å². The van der Waals surface area contributed by atoms with Gasteiger partial charge in [-0.15, -0.1) is 0 Å². The summed E-state index contributed by atoms with van der Waals surface area (Å²) in [4.78, 5) is 13.4. The van der Waals surface area contributed by atoms with Gasteiger partial charge in [-0.3, -0.25) is 4.79 Å². The van der Waals surface area contributed by atoms with E-state index in [-0.39, 0.29) is 5.78 Å². The summed E-state index contributed by atoms with van der Waals surface area (Å²) in [6, 6.07) is 13.8. The summed E-state index contributed by atoms with van der Waals surface area (Å²) in [5, 5.41) is 11.4. The Kier molecular flexibility index (Phi) is 14.9. The summed E-state index contributed by atoms with van der Waals surface area (Å²) in [6.07, 6.45) is 3.29. The van der Waals surface area contributed by atoms with Crippen molar-refractivity contribution in [2.75, 3.05) is 33.0 Å². The first-order chi connectivity index (χ1) is 20.8. The van der Waals surface area contributed by atoms with Gasteiger partial charge in [-0.25, -0.2) is 0 Å². The number of Topliss-reactive ketones (excluding diaryl/α,β-unsaturated/α-hetero) is 1. The van der Waals surface area contributed by atoms with E-state index in [1.807, 2.05) is 49.4 Å². The van der Waals surface area contributed by atoms with Crippen molar-refractivity contribution < 1.29 is 33.6 Å². The van der Waals surface area contributed by atoms with E-state index in [4.69, 9.17) is 35.3 Å². The zero-order valence-electron chi connectivity index (χ0n) is 26.6. The minimum atomic E-state index is -1.60. The maximum atomic E-state index is 13.4. The number of hydrogen-bond donors (Lipinski definition) is 1. The summed E-state index contributed by atoms with van der Waals surface area (Å²) < 4.78 is 31.7. The molecule has 1 fully saturated rings. The summed E-state index contributed by atoms with van der Waals surface area (Å²) in [5.74, 6) is 0.518. The van der Waals surface area contributed by atoms with E-state index in [2.05, 4.69) is 20.8 Å². The van der Waals surface area contributed by atoms with Crippen LogP contribution in [0.5, 0.6) is 5.75 Å². The SMILES string of the molecule is CCCCO[C@@H]1[C@@H](OCCCC)[C@H](OCCCC)[C@@](CO)(C(C)=O)O[C@H]1c1ccc(Cl)c(Cc2ccc(OCC)cc2)c1. The first kappa shape index (κ1) is 35.5. The van der Waals surface area contributed by atoms with E-state index in [0.717, 1.165) is 61.0 Å². The molecule has 0 aromatic heterocycles. The topological polar surface area (TPSA) is 83.5 Å². The van der Waals surface area contributed by atoms with Gasteiger partial charge >= 0.3 is 0 Å². The predicted molar refractivity (Wildman–Crippen MR) is 170 cm³/mol. The van der Waals surface area contributed by atoms with Gasteiger partial charge in [0, 0.05) is 24.8 Å². The lowest BCUT2D eigenvalue weighted by Gasteiger charge is -2.51. The van der Waals surface area contributed by atoms with Crippen LogP contribution in [0.15, 0.2) is 42.5 Å². The van der Waals surface area contributed by atoms with Crippen LogP contribution in [0.1, 0.15) is 95.9 Å². The molecule has 7 nitrogen and oxygen atoms in total. The first-order valence-electron chi connectivity index (χ1n) is 16.0. The maximum Gasteiger partial charge on any atom is 0.178 e. The zero-order chi connectivity index (χ0) is 31.2. The number of unbranched alkanes of at least 4 members (excludes halogenated alkanes) is 3. The molecule has 0 saturated carbocycles. The lowest BCUT2D eigenvalue weighted by atomic mass is 9.80. The van der Waals surface area contributed by atoms with Gasteiger partial charge in [0.05, 0.1) is 13.2 Å². The smallest absolute Gasteiger partial charge is 0.178 e. The van der Waals surface area contributed by atoms with Crippen LogP contribution in [0, 0.1) is 0 Å². The van der Waals surface area contributed by atoms with Crippen LogP contribution in [0.25, 0.3) is 0 Å². The molecule has 1 saturated heterocycles. The predicted octanol–water partition coefficient (Wildman–Crippen LogP) is 7.28. The molecule has 1 aliphatic rings. The van der Waals surface area contributed by atoms with Gasteiger partial charge < -0.3 is 28.8 Å². The van der Waals surface area contributed by atoms with E-state index in [0.29, 0.717) is 37.9 Å². The molecule has 43 heavy (non-hydrogen) atoms. The zero-order valence-corrected chi connectivity index (χ0v) is 27.4. The van der Waals surface area contributed by atoms with Crippen molar-refractivity contribution in [2.24, 2.45) is 0 Å². The van der Waals surface area contributed by atoms with Crippen LogP contribution >= 0.6 is 11.6 Å². The Morgan fingerprint density at radius 3 is 2.05 bits per heavy atom. The highest BCUT2D eigenvalue weighted by Crippen LogP contribution is 2.43. The largest absolute Gasteiger partial charge is 0.494 e. The molecule has 0 amide bonds. The number of ketones is 1. The number of aliphatic hydroxyl groups excluding tert-OH is 1. The van der Waals surface area contributed by atoms with Gasteiger partial charge in [0.25, 0.3) is 0 Å². The van der Waals surface area contributed by atoms with Crippen molar-refractivity contribution >= 4 is 17.4 Å². The molecule has 2 aromatic carbocycles. The number of rotatable bonds is 19. The van der Waals surface area contributed by atoms with Gasteiger partial charge in [0.2, 0.25) is 0 Å². The van der Waals surface area contributed by atoms with E-state index in [1.54, 1.807) is 0 Å². The quantitative estimate of drug-likeness (QED) is 0.166. The van der Waals surface area contributed by atoms with Crippen molar-refractivity contribution in [1.29, 1.82) is 0 Å². The number of ether oxygens (including phenoxy) is 5. The molecule has 3 rings (SSSR count). The fraction of sp³-hybridized carbons (Fsp3) is 0.629. The van der Waals surface area contributed by atoms with Crippen LogP contribution in [-0.4, -0.2) is 67.8 Å². The third-order valence-corrected chi connectivity index (χ3v) is 8.36. The molecule has 1 N–H and O–H groups in total. The molecule has 0 unspecified atom stereocenters. The highest BCUT2D eigenvalue weighted by molar-refractivity contribution is 6.31. The number of hydrogen-bond acceptors (Lipinski definition) is 7. The Morgan fingerprint density at radius 2 is 1.49 bits per heavy atom. The summed E-state index contributed by atoms with van der Waals surface area (Å²) in [5.41, 5.74) is 1.21. The highest BCUT2D eigenvalue weighted by atomic mass is 35.5. The molecule has 0 radical (unpaired) electrons. The van der Waals surface area contributed by atoms with Crippen molar-refractivity contribution in [2.45, 2.75) is 110 Å². The van der Waals surface area contributed by atoms with Crippen molar-refractivity contribution in [3.63, 3.8) is 0 Å². The van der Waals surface area contributed by atoms with E-state index < -0.39 is 36.6 Å². The lowest BCUT2D eigenvalue weighted by Crippen LogP contribution is -2.68. The van der Waals surface area contributed by atoms with Gasteiger partial charge in [-0.2, -0.15) is 0 Å². The number of carbonyl (C=O) groups excluding carboxylic acids is 1. The lowest BCUT2D eigenvalue weighted by molar-refractivity contribution is -0.295. The molecule has 1 heterocycles. The van der Waals surface area contributed by atoms with E-state index >= 15 is 0 Å². The Bertz CT molecular complexity index is 1110. The summed E-state index contributed by atoms with van der Waals surface area (Å²) >= 11 is 6.71. The average molecular weight is 619 g/mol. The Hall–Kier alpha value is -2.00. The molecule has 0 bridgehead atoms. The molecule has 1 aliphatic heterocycles. The van der Waals surface area contributed by atoms with Gasteiger partial charge in [0.15, 0.2) is 11.4 Å². The molecule has 5 atom stereocenters. The standard InChI is InChI=1S/C35H51ClO7/c1-6-10-19-40-32-31(27-15-18-30(36)28(23-27)22-26-13-16-29(17-14-26)39-9-4)43-35(24-37,25(5)38)34(42-21-12-8-3)33(32)41-20-11-7-2/h13-18,23,31-34,37H,6-12,19-22,24H2,1-5H3/t31-,32-,33+,34-,35+/m0/s1. The van der Waals surface area contributed by atoms with Gasteiger partial charge in [-0.1, -0.05) is 75.9 Å². The fourth-order valence-electron chi connectivity index (χ4n) is 5.42. The van der Waals surface area contributed by atoms with Crippen molar-refractivity contribution in [1.82, 2.24) is 0 Å². The molecule has 8 heteroatoms. The van der Waals surface area contributed by atoms with Crippen LogP contribution in [0.3, 0.4) is 0 Å². The monoisotopic (exact) mass is 618 g/mol. The van der Waals surface area contributed by atoms with Crippen molar-refractivity contribution in [3.05, 3.63) is 64.2 Å². The minimum absolute atomic E-state index is 0.304. The third kappa shape index (κ3) is 9.25. The Labute approximate surface area is 263 Å². The van der Waals surface area contributed by atoms with Crippen LogP contribution < -0.4 is 4.74 Å². The highest BCUT2D eigenvalue weighted by Gasteiger charge is 2.59. The summed E-state index contributed by atoms with van der Waals surface area (Å²) in [6.45, 7) is 11.2. The van der Waals surface area contributed by atoms with Gasteiger partial charge in [0.1, 0.15) is 30.2 Å². The second-order valence-corrected chi connectivity index (χ2v) is 11.7. The van der Waals surface area contributed by atoms with Crippen LogP contribution in [-0.2, 0) is 30.2 Å². The van der Waals surface area contributed by atoms with Crippen molar-refractivity contribution in [3.8, 4) is 5.75 Å². The fourth-order valence-corrected chi connectivity index (χ4v) is 5.61. The Morgan fingerprint density at radius 1 is 0.884 bits per heavy atom. The average Bonchev–Trinajstić information content (AvgIpc) is 3.00. The number of carbonyl (C=O) groups is 1. The summed E-state index contributed by atoms with van der Waals surface area (Å²) in [7, 11) is 0. The second-order valence-electron chi connectivity index (χ2n) is 11.3. The molecule has 0 spiro atoms. The maximum absolute atomic E-state index is 13.4. The first-order valence-corrected chi connectivity index (χ1v) is 16.4. The molecular formula is C35H51ClO7. The normalized spacial score (nSPS) is 23.8. The minimum Gasteiger partial charge on any atom is -0.494 e. The van der Waals surface area contributed by atoms with Crippen LogP contribution in [0.2, 0.25) is 5.02 Å². The molecule has 0 aliphatic carbocycles. The van der Waals surface area contributed by atoms with Gasteiger partial charge in [-0.05, 0) is 74.4 Å². The van der Waals surface area contributed by atoms with E-state index in [9.17, 15) is 9.90 Å². The number of aliphatic hydroxyl groups is 1. The third-order valence-electron chi connectivity index (χ3n) is 7.99. The number of benzene rings is 2. The molecule has 2 aromatic rings. The molecular weight excluding hydrogens is 568 g/mol. The Balaban J connectivity index is 2.06.